The molecule has 2 aliphatic rings. The molecule has 2 fully saturated rings. The minimum absolute atomic E-state index is 0.0431. The van der Waals surface area contributed by atoms with Crippen LogP contribution in [-0.4, -0.2) is 72.5 Å². The van der Waals surface area contributed by atoms with Crippen molar-refractivity contribution in [2.75, 3.05) is 31.1 Å². The molecule has 21 heavy (non-hydrogen) atoms. The number of amides is 1. The molecule has 1 aromatic rings. The van der Waals surface area contributed by atoms with Crippen LogP contribution >= 0.6 is 0 Å². The number of rotatable bonds is 3. The second-order valence-corrected chi connectivity index (χ2v) is 7.78. The van der Waals surface area contributed by atoms with E-state index in [4.69, 9.17) is 4.52 Å². The highest BCUT2D eigenvalue weighted by atomic mass is 32.2. The Morgan fingerprint density at radius 3 is 2.81 bits per heavy atom. The number of fused-ring (bicyclic) bond motifs is 1. The molecule has 116 valence electrons. The Kier molecular flexibility index (Phi) is 3.75. The Balaban J connectivity index is 1.86. The first-order valence-corrected chi connectivity index (χ1v) is 9.00. The van der Waals surface area contributed by atoms with Gasteiger partial charge in [0.15, 0.2) is 15.5 Å². The quantitative estimate of drug-likeness (QED) is 0.781. The lowest BCUT2D eigenvalue weighted by molar-refractivity contribution is 0.0325. The van der Waals surface area contributed by atoms with Crippen LogP contribution in [0.2, 0.25) is 0 Å². The average Bonchev–Trinajstić information content (AvgIpc) is 3.05. The van der Waals surface area contributed by atoms with Gasteiger partial charge >= 0.3 is 0 Å². The molecule has 1 aromatic heterocycles. The van der Waals surface area contributed by atoms with E-state index in [0.29, 0.717) is 13.1 Å². The fourth-order valence-corrected chi connectivity index (χ4v) is 5.32. The molecule has 0 saturated carbocycles. The van der Waals surface area contributed by atoms with Crippen LogP contribution in [0.1, 0.15) is 23.8 Å². The second-order valence-electron chi connectivity index (χ2n) is 5.63. The van der Waals surface area contributed by atoms with Gasteiger partial charge in [-0.25, -0.2) is 8.42 Å². The number of hydrogen-bond donors (Lipinski definition) is 0. The average molecular weight is 313 g/mol. The first-order chi connectivity index (χ1) is 10.0. The van der Waals surface area contributed by atoms with Crippen LogP contribution in [0.15, 0.2) is 16.9 Å². The number of hydrogen-bond acceptors (Lipinski definition) is 6. The van der Waals surface area contributed by atoms with E-state index in [1.807, 2.05) is 0 Å². The van der Waals surface area contributed by atoms with Gasteiger partial charge < -0.3 is 9.42 Å². The maximum atomic E-state index is 12.5. The van der Waals surface area contributed by atoms with Crippen molar-refractivity contribution < 1.29 is 17.7 Å². The Bertz CT molecular complexity index is 613. The predicted octanol–water partition coefficient (Wildman–Crippen LogP) is 0.00800. The summed E-state index contributed by atoms with van der Waals surface area (Å²) in [6.07, 6.45) is 2.32. The van der Waals surface area contributed by atoms with Crippen LogP contribution in [0.5, 0.6) is 0 Å². The van der Waals surface area contributed by atoms with Gasteiger partial charge in [-0.05, 0) is 13.0 Å². The molecular weight excluding hydrogens is 294 g/mol. The molecule has 0 bridgehead atoms. The van der Waals surface area contributed by atoms with E-state index in [0.717, 1.165) is 13.0 Å². The summed E-state index contributed by atoms with van der Waals surface area (Å²) in [7, 11) is -3.09. The number of sulfone groups is 1. The molecule has 1 amide bonds. The molecule has 2 aliphatic heterocycles. The standard InChI is InChI=1S/C13H19N3O4S/c1-2-4-15-5-6-16(13(17)10-3-7-20-14-10)12-9-21(18,19)8-11(12)15/h3,7,11-12H,2,4-6,8-9H2,1H3/t11-,12+/m1/s1. The van der Waals surface area contributed by atoms with E-state index in [1.54, 1.807) is 4.90 Å². The van der Waals surface area contributed by atoms with Crippen LogP contribution in [0, 0.1) is 0 Å². The Hall–Kier alpha value is -1.41. The lowest BCUT2D eigenvalue weighted by Crippen LogP contribution is -2.60. The minimum Gasteiger partial charge on any atom is -0.364 e. The monoisotopic (exact) mass is 313 g/mol. The number of nitrogens with zero attached hydrogens (tertiary/aromatic N) is 3. The molecule has 0 radical (unpaired) electrons. The third-order valence-corrected chi connectivity index (χ3v) is 5.92. The van der Waals surface area contributed by atoms with Crippen LogP contribution < -0.4 is 0 Å². The van der Waals surface area contributed by atoms with Crippen molar-refractivity contribution in [3.63, 3.8) is 0 Å². The molecule has 0 aliphatic carbocycles. The van der Waals surface area contributed by atoms with Crippen LogP contribution in [0.3, 0.4) is 0 Å². The van der Waals surface area contributed by atoms with Gasteiger partial charge in [-0.3, -0.25) is 9.69 Å². The highest BCUT2D eigenvalue weighted by Gasteiger charge is 2.48. The van der Waals surface area contributed by atoms with E-state index in [-0.39, 0.29) is 35.2 Å². The van der Waals surface area contributed by atoms with Crippen molar-refractivity contribution >= 4 is 15.7 Å². The van der Waals surface area contributed by atoms with Gasteiger partial charge in [-0.1, -0.05) is 12.1 Å². The third-order valence-electron chi connectivity index (χ3n) is 4.22. The number of piperazine rings is 1. The maximum Gasteiger partial charge on any atom is 0.276 e. The fourth-order valence-electron chi connectivity index (χ4n) is 3.31. The van der Waals surface area contributed by atoms with Crippen molar-refractivity contribution in [2.24, 2.45) is 0 Å². The molecule has 3 heterocycles. The lowest BCUT2D eigenvalue weighted by Gasteiger charge is -2.43. The topological polar surface area (TPSA) is 83.7 Å². The second kappa shape index (κ2) is 5.42. The normalized spacial score (nSPS) is 28.5. The molecule has 3 rings (SSSR count). The third kappa shape index (κ3) is 2.69. The van der Waals surface area contributed by atoms with E-state index >= 15 is 0 Å². The van der Waals surface area contributed by atoms with E-state index in [9.17, 15) is 13.2 Å². The molecule has 0 aromatic carbocycles. The summed E-state index contributed by atoms with van der Waals surface area (Å²) in [6, 6.07) is 1.14. The van der Waals surface area contributed by atoms with Crippen molar-refractivity contribution in [2.45, 2.75) is 25.4 Å². The van der Waals surface area contributed by atoms with Crippen molar-refractivity contribution in [3.05, 3.63) is 18.0 Å². The summed E-state index contributed by atoms with van der Waals surface area (Å²) >= 11 is 0. The van der Waals surface area contributed by atoms with Gasteiger partial charge in [0.25, 0.3) is 5.91 Å². The van der Waals surface area contributed by atoms with Gasteiger partial charge in [0.1, 0.15) is 6.26 Å². The summed E-state index contributed by atoms with van der Waals surface area (Å²) in [4.78, 5) is 16.3. The smallest absolute Gasteiger partial charge is 0.276 e. The number of carbonyl (C=O) groups excluding carboxylic acids is 1. The molecule has 0 unspecified atom stereocenters. The van der Waals surface area contributed by atoms with Gasteiger partial charge in [0.05, 0.1) is 17.5 Å². The van der Waals surface area contributed by atoms with Gasteiger partial charge in [0, 0.05) is 25.2 Å². The molecule has 2 atom stereocenters. The van der Waals surface area contributed by atoms with Gasteiger partial charge in [-0.15, -0.1) is 0 Å². The van der Waals surface area contributed by atoms with E-state index < -0.39 is 9.84 Å². The summed E-state index contributed by atoms with van der Waals surface area (Å²) in [5, 5.41) is 3.67. The number of carbonyl (C=O) groups is 1. The highest BCUT2D eigenvalue weighted by Crippen LogP contribution is 2.28. The molecular formula is C13H19N3O4S. The zero-order valence-corrected chi connectivity index (χ0v) is 12.8. The SMILES string of the molecule is CCCN1CCN(C(=O)c2ccon2)[C@H]2CS(=O)(=O)C[C@H]21. The Morgan fingerprint density at radius 2 is 2.14 bits per heavy atom. The molecule has 2 saturated heterocycles. The van der Waals surface area contributed by atoms with E-state index in [2.05, 4.69) is 17.0 Å². The first kappa shape index (κ1) is 14.5. The zero-order chi connectivity index (χ0) is 15.0. The van der Waals surface area contributed by atoms with Crippen molar-refractivity contribution in [1.29, 1.82) is 0 Å². The summed E-state index contributed by atoms with van der Waals surface area (Å²) in [5.74, 6) is -0.0612. The summed E-state index contributed by atoms with van der Waals surface area (Å²) in [6.45, 7) is 4.17. The molecule has 0 spiro atoms. The maximum absolute atomic E-state index is 12.5. The van der Waals surface area contributed by atoms with Crippen LogP contribution in [0.4, 0.5) is 0 Å². The largest absolute Gasteiger partial charge is 0.364 e. The predicted molar refractivity (Wildman–Crippen MR) is 75.6 cm³/mol. The molecule has 0 N–H and O–H groups in total. The molecule has 8 heteroatoms. The summed E-state index contributed by atoms with van der Waals surface area (Å²) < 4.78 is 28.7. The Morgan fingerprint density at radius 1 is 1.38 bits per heavy atom. The fraction of sp³-hybridized carbons (Fsp3) is 0.692. The van der Waals surface area contributed by atoms with E-state index in [1.165, 1.54) is 12.3 Å². The first-order valence-electron chi connectivity index (χ1n) is 7.17. The van der Waals surface area contributed by atoms with Gasteiger partial charge in [0.2, 0.25) is 0 Å². The highest BCUT2D eigenvalue weighted by molar-refractivity contribution is 7.91. The van der Waals surface area contributed by atoms with Gasteiger partial charge in [-0.2, -0.15) is 0 Å². The van der Waals surface area contributed by atoms with Crippen LogP contribution in [-0.2, 0) is 9.84 Å². The number of aromatic nitrogens is 1. The zero-order valence-electron chi connectivity index (χ0n) is 11.9. The van der Waals surface area contributed by atoms with Crippen LogP contribution in [0.25, 0.3) is 0 Å². The van der Waals surface area contributed by atoms with Crippen molar-refractivity contribution in [1.82, 2.24) is 15.0 Å². The molecule has 7 nitrogen and oxygen atoms in total. The summed E-state index contributed by atoms with van der Waals surface area (Å²) in [5.41, 5.74) is 0.238. The minimum atomic E-state index is -3.09. The lowest BCUT2D eigenvalue weighted by atomic mass is 10.0. The Labute approximate surface area is 123 Å². The van der Waals surface area contributed by atoms with Crippen molar-refractivity contribution in [3.8, 4) is 0 Å².